The van der Waals surface area contributed by atoms with Crippen molar-refractivity contribution in [3.8, 4) is 0 Å². The molecule has 9 heteroatoms. The second kappa shape index (κ2) is 8.37. The van der Waals surface area contributed by atoms with E-state index in [1.807, 2.05) is 0 Å². The van der Waals surface area contributed by atoms with Crippen LogP contribution in [0.2, 0.25) is 0 Å². The molecule has 2 aliphatic rings. The Bertz CT molecular complexity index is 783. The molecular weight excluding hydrogens is 372 g/mol. The van der Waals surface area contributed by atoms with Crippen molar-refractivity contribution in [1.82, 2.24) is 10.0 Å². The molecule has 2 N–H and O–H groups in total. The number of hydrogen-bond donors (Lipinski definition) is 2. The summed E-state index contributed by atoms with van der Waals surface area (Å²) in [6.07, 6.45) is 2.65. The SMILES string of the molecule is C[C@@H](OC(=O)c1ccc(S(=O)(=O)NC[C@H]2CCCO2)cc1)C(=O)NC1CC1. The van der Waals surface area contributed by atoms with Gasteiger partial charge in [0.1, 0.15) is 0 Å². The minimum Gasteiger partial charge on any atom is -0.449 e. The van der Waals surface area contributed by atoms with Crippen LogP contribution in [0.3, 0.4) is 0 Å². The quantitative estimate of drug-likeness (QED) is 0.634. The molecule has 2 atom stereocenters. The van der Waals surface area contributed by atoms with Crippen molar-refractivity contribution >= 4 is 21.9 Å². The highest BCUT2D eigenvalue weighted by Crippen LogP contribution is 2.19. The number of rotatable bonds is 8. The van der Waals surface area contributed by atoms with Crippen LogP contribution in [0.5, 0.6) is 0 Å². The lowest BCUT2D eigenvalue weighted by Crippen LogP contribution is -2.37. The molecule has 148 valence electrons. The molecule has 1 heterocycles. The Morgan fingerprint density at radius 3 is 2.52 bits per heavy atom. The molecule has 3 rings (SSSR count). The highest BCUT2D eigenvalue weighted by atomic mass is 32.2. The highest BCUT2D eigenvalue weighted by Gasteiger charge is 2.27. The Kier molecular flexibility index (Phi) is 6.13. The summed E-state index contributed by atoms with van der Waals surface area (Å²) in [5.74, 6) is -1.01. The van der Waals surface area contributed by atoms with Crippen LogP contribution in [-0.4, -0.2) is 51.7 Å². The van der Waals surface area contributed by atoms with Gasteiger partial charge >= 0.3 is 5.97 Å². The van der Waals surface area contributed by atoms with Gasteiger partial charge in [-0.2, -0.15) is 0 Å². The molecule has 0 unspecified atom stereocenters. The number of sulfonamides is 1. The summed E-state index contributed by atoms with van der Waals surface area (Å²) >= 11 is 0. The third-order valence-corrected chi connectivity index (χ3v) is 5.94. The Labute approximate surface area is 158 Å². The number of carbonyl (C=O) groups excluding carboxylic acids is 2. The first-order chi connectivity index (χ1) is 12.8. The van der Waals surface area contributed by atoms with E-state index in [0.29, 0.717) is 6.61 Å². The molecule has 0 bridgehead atoms. The maximum Gasteiger partial charge on any atom is 0.338 e. The van der Waals surface area contributed by atoms with Gasteiger partial charge < -0.3 is 14.8 Å². The normalized spacial score (nSPS) is 20.9. The van der Waals surface area contributed by atoms with Crippen molar-refractivity contribution in [3.63, 3.8) is 0 Å². The second-order valence-corrected chi connectivity index (χ2v) is 8.61. The molecule has 1 amide bonds. The fraction of sp³-hybridized carbons (Fsp3) is 0.556. The lowest BCUT2D eigenvalue weighted by atomic mass is 10.2. The van der Waals surface area contributed by atoms with Crippen LogP contribution in [0.25, 0.3) is 0 Å². The molecule has 1 aromatic rings. The second-order valence-electron chi connectivity index (χ2n) is 6.84. The van der Waals surface area contributed by atoms with E-state index in [2.05, 4.69) is 10.0 Å². The summed E-state index contributed by atoms with van der Waals surface area (Å²) in [5, 5.41) is 2.76. The van der Waals surface area contributed by atoms with E-state index >= 15 is 0 Å². The van der Waals surface area contributed by atoms with Gasteiger partial charge in [0.05, 0.1) is 16.6 Å². The van der Waals surface area contributed by atoms with E-state index in [4.69, 9.17) is 9.47 Å². The number of esters is 1. The number of amides is 1. The molecule has 1 aliphatic carbocycles. The van der Waals surface area contributed by atoms with Crippen molar-refractivity contribution in [2.24, 2.45) is 0 Å². The third kappa shape index (κ3) is 5.50. The zero-order chi connectivity index (χ0) is 19.4. The van der Waals surface area contributed by atoms with E-state index in [9.17, 15) is 18.0 Å². The average molecular weight is 396 g/mol. The maximum atomic E-state index is 12.3. The Morgan fingerprint density at radius 2 is 1.93 bits per heavy atom. The van der Waals surface area contributed by atoms with Crippen LogP contribution in [0.1, 0.15) is 43.0 Å². The monoisotopic (exact) mass is 396 g/mol. The Hall–Kier alpha value is -1.97. The molecule has 8 nitrogen and oxygen atoms in total. The van der Waals surface area contributed by atoms with E-state index in [-0.39, 0.29) is 35.1 Å². The predicted octanol–water partition coefficient (Wildman–Crippen LogP) is 0.968. The molecular formula is C18H24N2O6S. The highest BCUT2D eigenvalue weighted by molar-refractivity contribution is 7.89. The van der Waals surface area contributed by atoms with Gasteiger partial charge in [-0.15, -0.1) is 0 Å². The smallest absolute Gasteiger partial charge is 0.338 e. The van der Waals surface area contributed by atoms with Gasteiger partial charge in [0.25, 0.3) is 5.91 Å². The van der Waals surface area contributed by atoms with Gasteiger partial charge in [-0.25, -0.2) is 17.9 Å². The molecule has 27 heavy (non-hydrogen) atoms. The fourth-order valence-corrected chi connectivity index (χ4v) is 3.76. The summed E-state index contributed by atoms with van der Waals surface area (Å²) in [4.78, 5) is 24.0. The lowest BCUT2D eigenvalue weighted by molar-refractivity contribution is -0.129. The molecule has 2 fully saturated rings. The van der Waals surface area contributed by atoms with E-state index in [1.165, 1.54) is 31.2 Å². The Morgan fingerprint density at radius 1 is 1.22 bits per heavy atom. The summed E-state index contributed by atoms with van der Waals surface area (Å²) < 4.78 is 37.7. The first-order valence-corrected chi connectivity index (χ1v) is 10.6. The average Bonchev–Trinajstić information content (AvgIpc) is 3.30. The molecule has 0 spiro atoms. The number of nitrogens with one attached hydrogen (secondary N) is 2. The molecule has 1 saturated carbocycles. The van der Waals surface area contributed by atoms with Crippen molar-refractivity contribution in [2.45, 2.75) is 55.8 Å². The van der Waals surface area contributed by atoms with Gasteiger partial charge in [-0.05, 0) is 56.9 Å². The number of ether oxygens (including phenoxy) is 2. The summed E-state index contributed by atoms with van der Waals surface area (Å²) in [6.45, 7) is 2.38. The van der Waals surface area contributed by atoms with Crippen LogP contribution in [-0.2, 0) is 24.3 Å². The molecule has 0 aromatic heterocycles. The zero-order valence-corrected chi connectivity index (χ0v) is 16.0. The topological polar surface area (TPSA) is 111 Å². The third-order valence-electron chi connectivity index (χ3n) is 4.50. The molecule has 1 saturated heterocycles. The van der Waals surface area contributed by atoms with Gasteiger partial charge in [0.2, 0.25) is 10.0 Å². The summed E-state index contributed by atoms with van der Waals surface area (Å²) in [6, 6.07) is 5.60. The standard InChI is InChI=1S/C18H24N2O6S/c1-12(17(21)20-14-6-7-14)26-18(22)13-4-8-16(9-5-13)27(23,24)19-11-15-3-2-10-25-15/h4-5,8-9,12,14-15,19H,2-3,6-7,10-11H2,1H3,(H,20,21)/t12-,15-/m1/s1. The van der Waals surface area contributed by atoms with Crippen molar-refractivity contribution in [3.05, 3.63) is 29.8 Å². The van der Waals surface area contributed by atoms with Crippen molar-refractivity contribution in [2.75, 3.05) is 13.2 Å². The first kappa shape index (κ1) is 19.8. The number of carbonyl (C=O) groups is 2. The van der Waals surface area contributed by atoms with E-state index in [1.54, 1.807) is 0 Å². The molecule has 1 aromatic carbocycles. The predicted molar refractivity (Wildman–Crippen MR) is 96.6 cm³/mol. The molecule has 1 aliphatic heterocycles. The van der Waals surface area contributed by atoms with Crippen LogP contribution in [0.4, 0.5) is 0 Å². The largest absolute Gasteiger partial charge is 0.449 e. The minimum absolute atomic E-state index is 0.0524. The first-order valence-electron chi connectivity index (χ1n) is 9.08. The molecule has 0 radical (unpaired) electrons. The number of benzene rings is 1. The van der Waals surface area contributed by atoms with Gasteiger partial charge in [0, 0.05) is 19.2 Å². The minimum atomic E-state index is -3.68. The summed E-state index contributed by atoms with van der Waals surface area (Å²) in [5.41, 5.74) is 0.180. The lowest BCUT2D eigenvalue weighted by Gasteiger charge is -2.14. The van der Waals surface area contributed by atoms with Crippen LogP contribution >= 0.6 is 0 Å². The fourth-order valence-electron chi connectivity index (χ4n) is 2.69. The summed E-state index contributed by atoms with van der Waals surface area (Å²) in [7, 11) is -3.68. The van der Waals surface area contributed by atoms with E-state index < -0.39 is 22.1 Å². The van der Waals surface area contributed by atoms with Crippen molar-refractivity contribution < 1.29 is 27.5 Å². The van der Waals surface area contributed by atoms with Crippen LogP contribution in [0, 0.1) is 0 Å². The van der Waals surface area contributed by atoms with Crippen molar-refractivity contribution in [1.29, 1.82) is 0 Å². The van der Waals surface area contributed by atoms with Gasteiger partial charge in [0.15, 0.2) is 6.10 Å². The maximum absolute atomic E-state index is 12.3. The Balaban J connectivity index is 1.54. The number of hydrogen-bond acceptors (Lipinski definition) is 6. The zero-order valence-electron chi connectivity index (χ0n) is 15.1. The van der Waals surface area contributed by atoms with Crippen LogP contribution < -0.4 is 10.0 Å². The van der Waals surface area contributed by atoms with Gasteiger partial charge in [-0.1, -0.05) is 0 Å². The van der Waals surface area contributed by atoms with E-state index in [0.717, 1.165) is 25.7 Å². The van der Waals surface area contributed by atoms with Crippen LogP contribution in [0.15, 0.2) is 29.2 Å². The van der Waals surface area contributed by atoms with Gasteiger partial charge in [-0.3, -0.25) is 4.79 Å².